The summed E-state index contributed by atoms with van der Waals surface area (Å²) >= 11 is 6.26. The lowest BCUT2D eigenvalue weighted by Crippen LogP contribution is -2.48. The number of piperazine rings is 1. The number of nitrogens with one attached hydrogen (secondary N) is 1. The topological polar surface area (TPSA) is 68.9 Å². The number of ether oxygens (including phenoxy) is 1. The molecule has 5 rings (SSSR count). The van der Waals surface area contributed by atoms with E-state index in [9.17, 15) is 9.59 Å². The van der Waals surface area contributed by atoms with Gasteiger partial charge in [-0.3, -0.25) is 14.5 Å². The second-order valence-electron chi connectivity index (χ2n) is 9.33. The molecule has 0 radical (unpaired) electrons. The number of rotatable bonds is 7. The van der Waals surface area contributed by atoms with Gasteiger partial charge in [-0.2, -0.15) is 0 Å². The highest BCUT2D eigenvalue weighted by Gasteiger charge is 2.31. The number of hydrogen-bond acceptors (Lipinski definition) is 4. The molecule has 3 heterocycles. The fraction of sp³-hybridized carbons (Fsp3) is 0.407. The van der Waals surface area contributed by atoms with E-state index >= 15 is 0 Å². The lowest BCUT2D eigenvalue weighted by molar-refractivity contribution is -0.130. The average Bonchev–Trinajstić information content (AvgIpc) is 3.24. The van der Waals surface area contributed by atoms with Crippen LogP contribution in [0.4, 0.5) is 0 Å². The van der Waals surface area contributed by atoms with Crippen LogP contribution >= 0.6 is 11.6 Å². The minimum Gasteiger partial charge on any atom is -0.494 e. The molecular weight excluding hydrogens is 464 g/mol. The Bertz CT molecular complexity index is 1220. The molecule has 2 amide bonds. The van der Waals surface area contributed by atoms with Crippen molar-refractivity contribution in [1.29, 1.82) is 0 Å². The van der Waals surface area contributed by atoms with Crippen molar-refractivity contribution < 1.29 is 14.3 Å². The number of H-pyrrole nitrogens is 1. The van der Waals surface area contributed by atoms with E-state index in [4.69, 9.17) is 16.3 Å². The van der Waals surface area contributed by atoms with Crippen LogP contribution in [0.3, 0.4) is 0 Å². The van der Waals surface area contributed by atoms with Crippen LogP contribution in [0.1, 0.15) is 36.2 Å². The second kappa shape index (κ2) is 10.3. The van der Waals surface area contributed by atoms with Crippen LogP contribution in [0.5, 0.6) is 5.75 Å². The molecule has 1 aromatic heterocycles. The molecule has 2 aliphatic rings. The number of amides is 2. The molecule has 35 heavy (non-hydrogen) atoms. The van der Waals surface area contributed by atoms with E-state index in [0.717, 1.165) is 79.9 Å². The van der Waals surface area contributed by atoms with E-state index in [1.165, 1.54) is 5.56 Å². The van der Waals surface area contributed by atoms with Crippen LogP contribution in [-0.4, -0.2) is 77.9 Å². The largest absolute Gasteiger partial charge is 0.494 e. The first kappa shape index (κ1) is 23.7. The highest BCUT2D eigenvalue weighted by atomic mass is 35.5. The minimum absolute atomic E-state index is 0.155. The molecular formula is C27H31ClN4O3. The number of aromatic nitrogens is 1. The number of carbonyl (C=O) groups is 2. The Hall–Kier alpha value is -3.03. The maximum absolute atomic E-state index is 12.0. The van der Waals surface area contributed by atoms with Gasteiger partial charge in [0.15, 0.2) is 0 Å². The fourth-order valence-corrected chi connectivity index (χ4v) is 5.46. The summed E-state index contributed by atoms with van der Waals surface area (Å²) in [5.41, 5.74) is 4.33. The van der Waals surface area contributed by atoms with Crippen LogP contribution in [0.2, 0.25) is 5.02 Å². The maximum atomic E-state index is 12.0. The van der Waals surface area contributed by atoms with Gasteiger partial charge in [-0.25, -0.2) is 0 Å². The van der Waals surface area contributed by atoms with Crippen molar-refractivity contribution in [3.8, 4) is 5.75 Å². The number of benzene rings is 2. The smallest absolute Gasteiger partial charge is 0.219 e. The van der Waals surface area contributed by atoms with Crippen LogP contribution in [0.25, 0.3) is 10.9 Å². The summed E-state index contributed by atoms with van der Waals surface area (Å²) in [4.78, 5) is 33.1. The lowest BCUT2D eigenvalue weighted by atomic mass is 9.93. The van der Waals surface area contributed by atoms with Crippen LogP contribution in [0.15, 0.2) is 42.5 Å². The van der Waals surface area contributed by atoms with Gasteiger partial charge in [-0.1, -0.05) is 23.7 Å². The zero-order valence-electron chi connectivity index (χ0n) is 20.0. The summed E-state index contributed by atoms with van der Waals surface area (Å²) in [6.07, 6.45) is 2.65. The zero-order chi connectivity index (χ0) is 24.4. The van der Waals surface area contributed by atoms with Gasteiger partial charge in [-0.05, 0) is 54.3 Å². The molecule has 1 N–H and O–H groups in total. The standard InChI is InChI=1S/C27H31ClN4O3/c1-19(34)31-13-11-30(12-14-31)9-3-15-35-22-5-2-4-20(16-22)27-26-23(8-10-32(27)18-33)24-17-21(28)6-7-25(24)29-26/h2,4-7,16-18,27,29H,3,8-15H2,1H3. The molecule has 1 fully saturated rings. The van der Waals surface area contributed by atoms with Gasteiger partial charge in [0.1, 0.15) is 5.75 Å². The molecule has 1 unspecified atom stereocenters. The van der Waals surface area contributed by atoms with E-state index in [1.807, 2.05) is 46.2 Å². The highest BCUT2D eigenvalue weighted by Crippen LogP contribution is 2.39. The first-order valence-electron chi connectivity index (χ1n) is 12.2. The lowest BCUT2D eigenvalue weighted by Gasteiger charge is -2.34. The molecule has 2 aromatic carbocycles. The van der Waals surface area contributed by atoms with Gasteiger partial charge < -0.3 is 19.5 Å². The van der Waals surface area contributed by atoms with Gasteiger partial charge >= 0.3 is 0 Å². The predicted octanol–water partition coefficient (Wildman–Crippen LogP) is 3.86. The molecule has 3 aromatic rings. The Balaban J connectivity index is 1.26. The van der Waals surface area contributed by atoms with E-state index in [2.05, 4.69) is 16.0 Å². The summed E-state index contributed by atoms with van der Waals surface area (Å²) in [6.45, 7) is 7.29. The minimum atomic E-state index is -0.191. The molecule has 1 atom stereocenters. The van der Waals surface area contributed by atoms with Crippen molar-refractivity contribution in [3.05, 3.63) is 64.3 Å². The summed E-state index contributed by atoms with van der Waals surface area (Å²) < 4.78 is 6.09. The quantitative estimate of drug-likeness (QED) is 0.400. The average molecular weight is 495 g/mol. The summed E-state index contributed by atoms with van der Waals surface area (Å²) in [7, 11) is 0. The highest BCUT2D eigenvalue weighted by molar-refractivity contribution is 6.31. The van der Waals surface area contributed by atoms with Crippen molar-refractivity contribution in [3.63, 3.8) is 0 Å². The number of hydrogen-bond donors (Lipinski definition) is 1. The molecule has 0 bridgehead atoms. The van der Waals surface area contributed by atoms with E-state index in [-0.39, 0.29) is 11.9 Å². The number of fused-ring (bicyclic) bond motifs is 3. The zero-order valence-corrected chi connectivity index (χ0v) is 20.8. The van der Waals surface area contributed by atoms with Gasteiger partial charge in [-0.15, -0.1) is 0 Å². The number of carbonyl (C=O) groups excluding carboxylic acids is 2. The molecule has 1 saturated heterocycles. The van der Waals surface area contributed by atoms with Gasteiger partial charge in [0.2, 0.25) is 12.3 Å². The third-order valence-electron chi connectivity index (χ3n) is 7.14. The maximum Gasteiger partial charge on any atom is 0.219 e. The van der Waals surface area contributed by atoms with Gasteiger partial charge in [0, 0.05) is 67.8 Å². The van der Waals surface area contributed by atoms with Crippen molar-refractivity contribution in [2.75, 3.05) is 45.9 Å². The number of aromatic amines is 1. The Morgan fingerprint density at radius 1 is 1.14 bits per heavy atom. The predicted molar refractivity (Wildman–Crippen MR) is 137 cm³/mol. The van der Waals surface area contributed by atoms with Crippen LogP contribution in [-0.2, 0) is 16.0 Å². The Labute approximate surface area is 210 Å². The second-order valence-corrected chi connectivity index (χ2v) is 9.76. The first-order chi connectivity index (χ1) is 17.0. The molecule has 0 saturated carbocycles. The van der Waals surface area contributed by atoms with Gasteiger partial charge in [0.05, 0.1) is 12.6 Å². The normalized spacial score (nSPS) is 18.5. The van der Waals surface area contributed by atoms with E-state index < -0.39 is 0 Å². The molecule has 0 spiro atoms. The Kier molecular flexibility index (Phi) is 6.97. The third-order valence-corrected chi connectivity index (χ3v) is 7.38. The van der Waals surface area contributed by atoms with Crippen LogP contribution in [0, 0.1) is 0 Å². The van der Waals surface area contributed by atoms with Crippen molar-refractivity contribution in [1.82, 2.24) is 19.7 Å². The fourth-order valence-electron chi connectivity index (χ4n) is 5.29. The van der Waals surface area contributed by atoms with E-state index in [0.29, 0.717) is 18.2 Å². The summed E-state index contributed by atoms with van der Waals surface area (Å²) in [6, 6.07) is 13.7. The molecule has 2 aliphatic heterocycles. The van der Waals surface area contributed by atoms with E-state index in [1.54, 1.807) is 6.92 Å². The first-order valence-corrected chi connectivity index (χ1v) is 12.6. The monoisotopic (exact) mass is 494 g/mol. The summed E-state index contributed by atoms with van der Waals surface area (Å²) in [5, 5.41) is 1.84. The molecule has 0 aliphatic carbocycles. The number of halogens is 1. The van der Waals surface area contributed by atoms with Crippen molar-refractivity contribution in [2.45, 2.75) is 25.8 Å². The van der Waals surface area contributed by atoms with Crippen molar-refractivity contribution in [2.24, 2.45) is 0 Å². The van der Waals surface area contributed by atoms with Crippen molar-refractivity contribution >= 4 is 34.8 Å². The molecule has 8 heteroatoms. The Morgan fingerprint density at radius 2 is 1.97 bits per heavy atom. The number of nitrogens with zero attached hydrogens (tertiary/aromatic N) is 3. The Morgan fingerprint density at radius 3 is 2.74 bits per heavy atom. The molecule has 7 nitrogen and oxygen atoms in total. The van der Waals surface area contributed by atoms with Gasteiger partial charge in [0.25, 0.3) is 0 Å². The van der Waals surface area contributed by atoms with Crippen LogP contribution < -0.4 is 4.74 Å². The summed E-state index contributed by atoms with van der Waals surface area (Å²) in [5.74, 6) is 0.961. The SMILES string of the molecule is CC(=O)N1CCN(CCCOc2cccc(C3c4[nH]c5ccc(Cl)cc5c4CCN3C=O)c2)CC1. The molecule has 184 valence electrons. The third kappa shape index (κ3) is 5.02.